The average Bonchev–Trinajstić information content (AvgIpc) is 3.27. The van der Waals surface area contributed by atoms with E-state index in [0.29, 0.717) is 13.2 Å². The molecule has 1 unspecified atom stereocenters. The highest BCUT2D eigenvalue weighted by Gasteiger charge is 2.24. The largest absolute Gasteiger partial charge is 0.346 e. The Balaban J connectivity index is 1.80. The Morgan fingerprint density at radius 3 is 2.88 bits per heavy atom. The molecular formula is C19H18N2O3. The number of rotatable bonds is 4. The molecule has 5 nitrogen and oxygen atoms in total. The molecule has 1 aliphatic heterocycles. The first kappa shape index (κ1) is 15.1. The maximum atomic E-state index is 12.4. The fourth-order valence-corrected chi connectivity index (χ4v) is 3.30. The minimum atomic E-state index is -0.345. The van der Waals surface area contributed by atoms with Gasteiger partial charge < -0.3 is 14.5 Å². The Hall–Kier alpha value is -2.50. The van der Waals surface area contributed by atoms with E-state index in [2.05, 4.69) is 9.97 Å². The molecule has 1 N–H and O–H groups in total. The van der Waals surface area contributed by atoms with Gasteiger partial charge in [-0.15, -0.1) is 0 Å². The molecule has 24 heavy (non-hydrogen) atoms. The fraction of sp³-hybridized carbons (Fsp3) is 0.263. The molecule has 0 radical (unpaired) electrons. The number of carbonyl (C=O) groups is 1. The van der Waals surface area contributed by atoms with E-state index in [-0.39, 0.29) is 18.0 Å². The molecule has 4 rings (SSSR count). The topological polar surface area (TPSA) is 64.2 Å². The third kappa shape index (κ3) is 2.62. The predicted octanol–water partition coefficient (Wildman–Crippen LogP) is 3.33. The van der Waals surface area contributed by atoms with E-state index in [1.165, 1.54) is 0 Å². The molecule has 5 heteroatoms. The zero-order valence-electron chi connectivity index (χ0n) is 13.4. The summed E-state index contributed by atoms with van der Waals surface area (Å²) < 4.78 is 11.2. The number of hydrogen-bond donors (Lipinski definition) is 1. The number of fused-ring (bicyclic) bond motifs is 1. The highest BCUT2D eigenvalue weighted by molar-refractivity contribution is 5.92. The van der Waals surface area contributed by atoms with Gasteiger partial charge in [-0.25, -0.2) is 4.98 Å². The lowest BCUT2D eigenvalue weighted by molar-refractivity contribution is -0.117. The Labute approximate surface area is 139 Å². The zero-order chi connectivity index (χ0) is 16.5. The van der Waals surface area contributed by atoms with Crippen LogP contribution in [0.4, 0.5) is 0 Å². The van der Waals surface area contributed by atoms with Gasteiger partial charge in [-0.2, -0.15) is 0 Å². The number of nitrogens with zero attached hydrogens (tertiary/aromatic N) is 1. The number of benzene rings is 1. The van der Waals surface area contributed by atoms with Crippen molar-refractivity contribution in [3.63, 3.8) is 0 Å². The molecule has 1 aliphatic rings. The van der Waals surface area contributed by atoms with E-state index in [9.17, 15) is 4.79 Å². The summed E-state index contributed by atoms with van der Waals surface area (Å²) in [6.45, 7) is 2.82. The maximum Gasteiger partial charge on any atom is 0.184 e. The van der Waals surface area contributed by atoms with Crippen molar-refractivity contribution in [3.8, 4) is 0 Å². The van der Waals surface area contributed by atoms with E-state index >= 15 is 0 Å². The van der Waals surface area contributed by atoms with Crippen molar-refractivity contribution in [1.82, 2.24) is 9.97 Å². The molecule has 0 bridgehead atoms. The van der Waals surface area contributed by atoms with E-state index in [1.54, 1.807) is 13.1 Å². The number of ketones is 1. The number of carbonyl (C=O) groups excluding carboxylic acids is 1. The van der Waals surface area contributed by atoms with Crippen LogP contribution >= 0.6 is 0 Å². The monoisotopic (exact) mass is 322 g/mol. The molecule has 1 atom stereocenters. The molecule has 122 valence electrons. The van der Waals surface area contributed by atoms with Crippen molar-refractivity contribution in [2.75, 3.05) is 13.2 Å². The summed E-state index contributed by atoms with van der Waals surface area (Å²) in [6, 6.07) is 11.8. The van der Waals surface area contributed by atoms with Gasteiger partial charge in [0.2, 0.25) is 0 Å². The SMILES string of the molecule is CC(=O)C(c1cccc(C2OCCO2)c1)c1ccnc2[nH]ccc12. The van der Waals surface area contributed by atoms with E-state index in [1.807, 2.05) is 42.6 Å². The number of H-pyrrole nitrogens is 1. The first-order chi connectivity index (χ1) is 11.7. The second-order valence-corrected chi connectivity index (χ2v) is 5.93. The fourth-order valence-electron chi connectivity index (χ4n) is 3.30. The molecule has 1 fully saturated rings. The summed E-state index contributed by atoms with van der Waals surface area (Å²) in [5.41, 5.74) is 3.62. The predicted molar refractivity (Wildman–Crippen MR) is 89.7 cm³/mol. The van der Waals surface area contributed by atoms with Crippen LogP contribution in [0.5, 0.6) is 0 Å². The quantitative estimate of drug-likeness (QED) is 0.800. The summed E-state index contributed by atoms with van der Waals surface area (Å²) in [4.78, 5) is 19.9. The maximum absolute atomic E-state index is 12.4. The molecule has 0 amide bonds. The molecule has 0 aliphatic carbocycles. The number of hydrogen-bond acceptors (Lipinski definition) is 4. The van der Waals surface area contributed by atoms with Crippen molar-refractivity contribution in [2.45, 2.75) is 19.1 Å². The van der Waals surface area contributed by atoms with Crippen molar-refractivity contribution < 1.29 is 14.3 Å². The Bertz CT molecular complexity index is 881. The molecule has 1 saturated heterocycles. The number of pyridine rings is 1. The highest BCUT2D eigenvalue weighted by Crippen LogP contribution is 2.33. The van der Waals surface area contributed by atoms with Crippen LogP contribution in [0.15, 0.2) is 48.8 Å². The number of aromatic amines is 1. The van der Waals surface area contributed by atoms with Crippen molar-refractivity contribution in [3.05, 3.63) is 65.5 Å². The number of nitrogens with one attached hydrogen (secondary N) is 1. The van der Waals surface area contributed by atoms with Crippen LogP contribution in [-0.4, -0.2) is 29.0 Å². The third-order valence-corrected chi connectivity index (χ3v) is 4.35. The van der Waals surface area contributed by atoms with Gasteiger partial charge in [0.05, 0.1) is 19.1 Å². The molecule has 3 heterocycles. The van der Waals surface area contributed by atoms with Crippen LogP contribution in [-0.2, 0) is 14.3 Å². The molecule has 0 saturated carbocycles. The lowest BCUT2D eigenvalue weighted by Gasteiger charge is -2.18. The summed E-state index contributed by atoms with van der Waals surface area (Å²) in [5.74, 6) is -0.248. The normalized spacial score (nSPS) is 16.5. The summed E-state index contributed by atoms with van der Waals surface area (Å²) in [6.07, 6.45) is 3.23. The van der Waals surface area contributed by atoms with Gasteiger partial charge >= 0.3 is 0 Å². The number of Topliss-reactive ketones (excluding diaryl/α,β-unsaturated/α-hetero) is 1. The second kappa shape index (κ2) is 6.19. The van der Waals surface area contributed by atoms with Crippen LogP contribution in [0.2, 0.25) is 0 Å². The Morgan fingerprint density at radius 2 is 2.08 bits per heavy atom. The summed E-state index contributed by atoms with van der Waals surface area (Å²) in [7, 11) is 0. The first-order valence-corrected chi connectivity index (χ1v) is 7.99. The smallest absolute Gasteiger partial charge is 0.184 e. The molecule has 1 aromatic carbocycles. The highest BCUT2D eigenvalue weighted by atomic mass is 16.7. The van der Waals surface area contributed by atoms with Gasteiger partial charge in [-0.05, 0) is 36.2 Å². The van der Waals surface area contributed by atoms with Crippen LogP contribution < -0.4 is 0 Å². The second-order valence-electron chi connectivity index (χ2n) is 5.93. The molecule has 0 spiro atoms. The van der Waals surface area contributed by atoms with E-state index < -0.39 is 0 Å². The molecule has 2 aromatic heterocycles. The lowest BCUT2D eigenvalue weighted by Crippen LogP contribution is -2.12. The van der Waals surface area contributed by atoms with Gasteiger partial charge in [-0.3, -0.25) is 4.79 Å². The summed E-state index contributed by atoms with van der Waals surface area (Å²) in [5, 5.41) is 0.969. The lowest BCUT2D eigenvalue weighted by atomic mass is 9.86. The van der Waals surface area contributed by atoms with Crippen molar-refractivity contribution >= 4 is 16.8 Å². The zero-order valence-corrected chi connectivity index (χ0v) is 13.4. The van der Waals surface area contributed by atoms with Gasteiger partial charge in [-0.1, -0.05) is 18.2 Å². The minimum Gasteiger partial charge on any atom is -0.346 e. The summed E-state index contributed by atoms with van der Waals surface area (Å²) >= 11 is 0. The third-order valence-electron chi connectivity index (χ3n) is 4.35. The van der Waals surface area contributed by atoms with Gasteiger partial charge in [0.25, 0.3) is 0 Å². The van der Waals surface area contributed by atoms with E-state index in [4.69, 9.17) is 9.47 Å². The number of ether oxygens (including phenoxy) is 2. The van der Waals surface area contributed by atoms with Crippen LogP contribution in [0, 0.1) is 0 Å². The van der Waals surface area contributed by atoms with Gasteiger partial charge in [0, 0.05) is 23.3 Å². The minimum absolute atomic E-state index is 0.0918. The first-order valence-electron chi connectivity index (χ1n) is 7.99. The van der Waals surface area contributed by atoms with Crippen LogP contribution in [0.25, 0.3) is 11.0 Å². The number of aromatic nitrogens is 2. The van der Waals surface area contributed by atoms with Crippen LogP contribution in [0.3, 0.4) is 0 Å². The Kier molecular flexibility index (Phi) is 3.88. The van der Waals surface area contributed by atoms with E-state index in [0.717, 1.165) is 27.7 Å². The molecule has 3 aromatic rings. The van der Waals surface area contributed by atoms with Crippen molar-refractivity contribution in [2.24, 2.45) is 0 Å². The van der Waals surface area contributed by atoms with Crippen LogP contribution in [0.1, 0.15) is 35.8 Å². The molecular weight excluding hydrogens is 304 g/mol. The van der Waals surface area contributed by atoms with Gasteiger partial charge in [0.1, 0.15) is 11.4 Å². The average molecular weight is 322 g/mol. The van der Waals surface area contributed by atoms with Crippen molar-refractivity contribution in [1.29, 1.82) is 0 Å². The Morgan fingerprint density at radius 1 is 1.25 bits per heavy atom. The van der Waals surface area contributed by atoms with Gasteiger partial charge in [0.15, 0.2) is 6.29 Å². The standard InChI is InChI=1S/C19H18N2O3/c1-12(22)17(15-5-7-20-18-16(15)6-8-21-18)13-3-2-4-14(11-13)19-23-9-10-24-19/h2-8,11,17,19H,9-10H2,1H3,(H,20,21).